The van der Waals surface area contributed by atoms with E-state index in [9.17, 15) is 0 Å². The molecule has 94 valence electrons. The summed E-state index contributed by atoms with van der Waals surface area (Å²) < 4.78 is 0. The Kier molecular flexibility index (Phi) is 4.69. The molecule has 1 aliphatic heterocycles. The molecule has 1 aromatic rings. The molecule has 1 heterocycles. The van der Waals surface area contributed by atoms with Gasteiger partial charge in [0.1, 0.15) is 0 Å². The molecule has 0 spiro atoms. The van der Waals surface area contributed by atoms with E-state index in [0.29, 0.717) is 6.04 Å². The first-order valence-corrected chi connectivity index (χ1v) is 6.90. The molecule has 1 N–H and O–H groups in total. The van der Waals surface area contributed by atoms with E-state index < -0.39 is 0 Å². The highest BCUT2D eigenvalue weighted by atomic mass is 35.5. The minimum absolute atomic E-state index is 0.604. The number of nitrogens with one attached hydrogen (secondary N) is 1. The van der Waals surface area contributed by atoms with Crippen molar-refractivity contribution >= 4 is 17.3 Å². The number of likely N-dealkylation sites (tertiary alicyclic amines) is 1. The summed E-state index contributed by atoms with van der Waals surface area (Å²) in [4.78, 5) is 2.53. The van der Waals surface area contributed by atoms with Gasteiger partial charge in [0.15, 0.2) is 0 Å². The van der Waals surface area contributed by atoms with Crippen molar-refractivity contribution in [3.8, 4) is 0 Å². The smallest absolute Gasteiger partial charge is 0.0407 e. The predicted octanol–water partition coefficient (Wildman–Crippen LogP) is 3.63. The van der Waals surface area contributed by atoms with Crippen LogP contribution >= 0.6 is 11.6 Å². The fourth-order valence-corrected chi connectivity index (χ4v) is 2.52. The summed E-state index contributed by atoms with van der Waals surface area (Å²) in [5, 5.41) is 4.41. The van der Waals surface area contributed by atoms with Crippen LogP contribution in [0.5, 0.6) is 0 Å². The van der Waals surface area contributed by atoms with Crippen LogP contribution < -0.4 is 5.32 Å². The van der Waals surface area contributed by atoms with Crippen LogP contribution in [-0.4, -0.2) is 30.6 Å². The van der Waals surface area contributed by atoms with Gasteiger partial charge in [0, 0.05) is 23.3 Å². The Morgan fingerprint density at radius 3 is 2.71 bits per heavy atom. The van der Waals surface area contributed by atoms with Crippen molar-refractivity contribution in [2.75, 3.05) is 25.0 Å². The molecular formula is C14H21ClN2. The molecular weight excluding hydrogens is 232 g/mol. The summed E-state index contributed by atoms with van der Waals surface area (Å²) in [6.07, 6.45) is 3.79. The predicted molar refractivity (Wildman–Crippen MR) is 74.8 cm³/mol. The van der Waals surface area contributed by atoms with Crippen LogP contribution in [0.2, 0.25) is 5.02 Å². The lowest BCUT2D eigenvalue weighted by Crippen LogP contribution is -2.26. The van der Waals surface area contributed by atoms with E-state index >= 15 is 0 Å². The van der Waals surface area contributed by atoms with Crippen LogP contribution in [0.4, 0.5) is 5.69 Å². The van der Waals surface area contributed by atoms with Crippen LogP contribution in [0.15, 0.2) is 24.3 Å². The van der Waals surface area contributed by atoms with Gasteiger partial charge in [-0.15, -0.1) is 0 Å². The highest BCUT2D eigenvalue weighted by Crippen LogP contribution is 2.18. The summed E-state index contributed by atoms with van der Waals surface area (Å²) in [7, 11) is 0. The quantitative estimate of drug-likeness (QED) is 0.884. The minimum Gasteiger partial charge on any atom is -0.382 e. The van der Waals surface area contributed by atoms with Gasteiger partial charge in [-0.3, -0.25) is 0 Å². The van der Waals surface area contributed by atoms with Gasteiger partial charge in [-0.1, -0.05) is 18.5 Å². The molecule has 0 aromatic heterocycles. The minimum atomic E-state index is 0.604. The molecule has 1 aromatic carbocycles. The number of hydrogen-bond acceptors (Lipinski definition) is 2. The lowest BCUT2D eigenvalue weighted by atomic mass is 10.1. The number of nitrogens with zero attached hydrogens (tertiary/aromatic N) is 1. The second-order valence-electron chi connectivity index (χ2n) is 4.71. The van der Waals surface area contributed by atoms with Crippen molar-refractivity contribution in [2.24, 2.45) is 0 Å². The summed E-state index contributed by atoms with van der Waals surface area (Å²) in [6.45, 7) is 5.87. The number of anilines is 1. The van der Waals surface area contributed by atoms with E-state index in [-0.39, 0.29) is 0 Å². The topological polar surface area (TPSA) is 15.3 Å². The Balaban J connectivity index is 1.88. The summed E-state index contributed by atoms with van der Waals surface area (Å²) in [5.74, 6) is 0. The Bertz CT molecular complexity index is 337. The van der Waals surface area contributed by atoms with Gasteiger partial charge in [0.25, 0.3) is 0 Å². The zero-order valence-electron chi connectivity index (χ0n) is 10.5. The van der Waals surface area contributed by atoms with Gasteiger partial charge < -0.3 is 10.2 Å². The van der Waals surface area contributed by atoms with Gasteiger partial charge in [-0.25, -0.2) is 0 Å². The lowest BCUT2D eigenvalue weighted by molar-refractivity contribution is 0.300. The van der Waals surface area contributed by atoms with Crippen molar-refractivity contribution in [1.29, 1.82) is 0 Å². The van der Waals surface area contributed by atoms with Gasteiger partial charge in [0.2, 0.25) is 0 Å². The van der Waals surface area contributed by atoms with E-state index in [4.69, 9.17) is 11.6 Å². The zero-order valence-corrected chi connectivity index (χ0v) is 11.2. The molecule has 0 bridgehead atoms. The van der Waals surface area contributed by atoms with Crippen molar-refractivity contribution < 1.29 is 0 Å². The molecule has 0 amide bonds. The van der Waals surface area contributed by atoms with Crippen LogP contribution in [0.3, 0.4) is 0 Å². The second kappa shape index (κ2) is 6.27. The number of halogens is 1. The Morgan fingerprint density at radius 1 is 1.24 bits per heavy atom. The lowest BCUT2D eigenvalue weighted by Gasteiger charge is -2.19. The van der Waals surface area contributed by atoms with Crippen LogP contribution in [0.25, 0.3) is 0 Å². The molecule has 0 saturated carbocycles. The highest BCUT2D eigenvalue weighted by molar-refractivity contribution is 6.30. The van der Waals surface area contributed by atoms with E-state index in [1.54, 1.807) is 0 Å². The molecule has 1 saturated heterocycles. The van der Waals surface area contributed by atoms with Gasteiger partial charge >= 0.3 is 0 Å². The first kappa shape index (κ1) is 12.7. The molecule has 1 fully saturated rings. The van der Waals surface area contributed by atoms with Gasteiger partial charge in [0.05, 0.1) is 0 Å². The third-order valence-corrected chi connectivity index (χ3v) is 3.73. The van der Waals surface area contributed by atoms with E-state index in [1.807, 2.05) is 12.1 Å². The van der Waals surface area contributed by atoms with Crippen molar-refractivity contribution in [3.63, 3.8) is 0 Å². The van der Waals surface area contributed by atoms with E-state index in [2.05, 4.69) is 29.3 Å². The molecule has 3 heteroatoms. The van der Waals surface area contributed by atoms with Crippen molar-refractivity contribution in [3.05, 3.63) is 29.3 Å². The van der Waals surface area contributed by atoms with E-state index in [0.717, 1.165) is 5.02 Å². The number of benzene rings is 1. The van der Waals surface area contributed by atoms with Gasteiger partial charge in [-0.2, -0.15) is 0 Å². The molecule has 2 nitrogen and oxygen atoms in total. The number of rotatable bonds is 3. The fourth-order valence-electron chi connectivity index (χ4n) is 2.40. The third kappa shape index (κ3) is 3.90. The van der Waals surface area contributed by atoms with Gasteiger partial charge in [-0.05, 0) is 56.6 Å². The molecule has 2 rings (SSSR count). The maximum atomic E-state index is 5.88. The Morgan fingerprint density at radius 2 is 2.00 bits per heavy atom. The summed E-state index contributed by atoms with van der Waals surface area (Å²) >= 11 is 5.88. The van der Waals surface area contributed by atoms with Crippen LogP contribution in [0.1, 0.15) is 26.2 Å². The van der Waals surface area contributed by atoms with Crippen LogP contribution in [0, 0.1) is 0 Å². The van der Waals surface area contributed by atoms with Crippen LogP contribution in [-0.2, 0) is 0 Å². The molecule has 0 radical (unpaired) electrons. The fraction of sp³-hybridized carbons (Fsp3) is 0.571. The first-order valence-electron chi connectivity index (χ1n) is 6.52. The molecule has 1 atom stereocenters. The number of hydrogen-bond donors (Lipinski definition) is 1. The molecule has 17 heavy (non-hydrogen) atoms. The Hall–Kier alpha value is -0.730. The largest absolute Gasteiger partial charge is 0.382 e. The summed E-state index contributed by atoms with van der Waals surface area (Å²) in [6, 6.07) is 8.61. The average Bonchev–Trinajstić information content (AvgIpc) is 2.57. The maximum absolute atomic E-state index is 5.88. The molecule has 1 unspecified atom stereocenters. The monoisotopic (exact) mass is 252 g/mol. The average molecular weight is 253 g/mol. The maximum Gasteiger partial charge on any atom is 0.0407 e. The van der Waals surface area contributed by atoms with Crippen molar-refractivity contribution in [2.45, 2.75) is 32.2 Å². The van der Waals surface area contributed by atoms with E-state index in [1.165, 1.54) is 44.6 Å². The third-order valence-electron chi connectivity index (χ3n) is 3.48. The highest BCUT2D eigenvalue weighted by Gasteiger charge is 2.15. The Labute approximate surface area is 109 Å². The normalized spacial score (nSPS) is 22.1. The zero-order chi connectivity index (χ0) is 12.1. The molecule has 1 aliphatic rings. The first-order chi connectivity index (χ1) is 8.28. The molecule has 0 aliphatic carbocycles. The second-order valence-corrected chi connectivity index (χ2v) is 5.15. The summed E-state index contributed by atoms with van der Waals surface area (Å²) in [5.41, 5.74) is 1.18. The van der Waals surface area contributed by atoms with Crippen molar-refractivity contribution in [1.82, 2.24) is 4.90 Å². The standard InChI is InChI=1S/C14H21ClN2/c1-2-17-10-3-4-13(9-11-17)16-14-7-5-12(15)6-8-14/h5-8,13,16H,2-4,9-11H2,1H3. The SMILES string of the molecule is CCN1CCCC(Nc2ccc(Cl)cc2)CC1.